The Bertz CT molecular complexity index is 366. The summed E-state index contributed by atoms with van der Waals surface area (Å²) in [6, 6.07) is 0. The van der Waals surface area contributed by atoms with E-state index in [0.717, 1.165) is 0 Å². The van der Waals surface area contributed by atoms with Gasteiger partial charge in [0.15, 0.2) is 6.57 Å². The van der Waals surface area contributed by atoms with E-state index < -0.39 is 45.5 Å². The Labute approximate surface area is 213 Å². The summed E-state index contributed by atoms with van der Waals surface area (Å²) in [5.41, 5.74) is 0. The zero-order chi connectivity index (χ0) is 24.2. The Balaban J connectivity index is -0.000000121. The van der Waals surface area contributed by atoms with Crippen LogP contribution in [0.1, 0.15) is 1.43 Å². The Kier molecular flexibility index (Phi) is 17.2. The van der Waals surface area contributed by atoms with Crippen LogP contribution >= 0.6 is 0 Å². The van der Waals surface area contributed by atoms with Gasteiger partial charge in [-0.25, -0.2) is 0 Å². The van der Waals surface area contributed by atoms with Gasteiger partial charge in [-0.1, -0.05) is 118 Å². The Morgan fingerprint density at radius 3 is 0.448 bits per heavy atom. The minimum absolute atomic E-state index is 0. The van der Waals surface area contributed by atoms with Crippen molar-refractivity contribution in [1.29, 1.82) is 5.26 Å². The van der Waals surface area contributed by atoms with Gasteiger partial charge < -0.3 is 0 Å². The van der Waals surface area contributed by atoms with E-state index in [1.165, 1.54) is 0 Å². The van der Waals surface area contributed by atoms with Gasteiger partial charge in [-0.15, -0.1) is 0 Å². The Morgan fingerprint density at radius 2 is 0.448 bits per heavy atom. The normalized spacial score (nSPS) is 13.7. The van der Waals surface area contributed by atoms with Crippen LogP contribution in [0.4, 0.5) is 0 Å². The van der Waals surface area contributed by atoms with E-state index in [4.69, 9.17) is 11.8 Å². The average molecular weight is 642 g/mol. The zero-order valence-electron chi connectivity index (χ0n) is 23.4. The summed E-state index contributed by atoms with van der Waals surface area (Å²) >= 11 is 0. The molecule has 0 spiro atoms. The molecule has 173 valence electrons. The van der Waals surface area contributed by atoms with Crippen molar-refractivity contribution >= 4 is 84.2 Å². The molecule has 0 atom stereocenters. The third-order valence-electron chi connectivity index (χ3n) is 4.50. The summed E-state index contributed by atoms with van der Waals surface area (Å²) < 4.78 is 0. The van der Waals surface area contributed by atoms with Gasteiger partial charge in [0.25, 0.3) is 0 Å². The molecule has 0 saturated carbocycles. The van der Waals surface area contributed by atoms with Crippen LogP contribution in [0.2, 0.25) is 118 Å². The largest absolute Gasteiger partial charge is 0.181 e. The molecule has 0 amide bonds. The summed E-state index contributed by atoms with van der Waals surface area (Å²) in [7, 11) is -4.94. The predicted octanol–water partition coefficient (Wildman–Crippen LogP) is 7.42. The van der Waals surface area contributed by atoms with Gasteiger partial charge in [0.1, 0.15) is 0 Å². The van der Waals surface area contributed by atoms with Crippen LogP contribution in [0.25, 0.3) is 0 Å². The van der Waals surface area contributed by atoms with E-state index in [9.17, 15) is 0 Å². The Morgan fingerprint density at radius 1 is 0.379 bits per heavy atom. The molecule has 0 aliphatic rings. The second kappa shape index (κ2) is 13.0. The third kappa shape index (κ3) is 16.3. The van der Waals surface area contributed by atoms with E-state index in [1.54, 1.807) is 0 Å². The molecule has 0 bridgehead atoms. The van der Waals surface area contributed by atoms with Crippen molar-refractivity contribution in [1.82, 2.24) is 0 Å². The molecule has 0 unspecified atom stereocenters. The summed E-state index contributed by atoms with van der Waals surface area (Å²) in [5, 5.41) is 6.25. The maximum Gasteiger partial charge on any atom is 0.181 e. The van der Waals surface area contributed by atoms with Crippen molar-refractivity contribution < 1.29 is 1.43 Å². The number of hydrogen-bond acceptors (Lipinski definition) is 1. The van der Waals surface area contributed by atoms with Crippen LogP contribution in [-0.2, 0) is 0 Å². The minimum atomic E-state index is -0.832. The van der Waals surface area contributed by atoms with Crippen LogP contribution in [0.5, 0.6) is 0 Å². The Hall–Kier alpha value is 2.02. The molecule has 0 aromatic heterocycles. The van der Waals surface area contributed by atoms with Crippen LogP contribution < -0.4 is 0 Å². The molecular weight excluding hydrogens is 586 g/mol. The first-order valence-corrected chi connectivity index (χ1v) is 40.7. The maximum atomic E-state index is 6.25. The first-order chi connectivity index (χ1) is 11.7. The maximum absolute atomic E-state index is 6.25. The summed E-state index contributed by atoms with van der Waals surface area (Å²) in [6.07, 6.45) is 0. The van der Waals surface area contributed by atoms with Crippen molar-refractivity contribution in [2.24, 2.45) is 0 Å². The monoisotopic (exact) mass is 642 g/mol. The molecule has 29 heavy (non-hydrogen) atoms. The minimum Gasteiger partial charge on any atom is -0.181 e. The average Bonchev–Trinajstić information content (AvgIpc) is 2.17. The second-order valence-electron chi connectivity index (χ2n) is 14.2. The van der Waals surface area contributed by atoms with Crippen LogP contribution in [-0.4, -0.2) is 84.2 Å². The molecule has 0 N–H and O–H groups in total. The fraction of sp³-hybridized carbons (Fsp3) is 0.947. The number of hydrogen-bond donors (Lipinski definition) is 0. The fourth-order valence-electron chi connectivity index (χ4n) is 6.75. The van der Waals surface area contributed by atoms with Crippen molar-refractivity contribution in [2.75, 3.05) is 0 Å². The van der Waals surface area contributed by atoms with Crippen molar-refractivity contribution in [3.05, 3.63) is 6.57 Å². The van der Waals surface area contributed by atoms with Gasteiger partial charge in [0.05, 0.1) is 0 Å². The topological polar surface area (TPSA) is 23.8 Å². The molecule has 0 heterocycles. The summed E-state index contributed by atoms with van der Waals surface area (Å²) in [4.78, 5) is 0. The molecule has 0 aliphatic heterocycles. The van der Waals surface area contributed by atoms with E-state index in [0.29, 0.717) is 0 Å². The SMILES string of the molecule is C[Si](C)(C)[Si]([Si](C)(C)C)[Si](C)(C)C.C[Si](C)(C)[Si]([Si](C)(C)C)[Si](C)(C)C.[C]#N.[HH].[Sn]. The molecule has 0 fully saturated rings. The number of rotatable bonds is 6. The quantitative estimate of drug-likeness (QED) is 0.277. The van der Waals surface area contributed by atoms with Crippen LogP contribution in [0.3, 0.4) is 0 Å². The van der Waals surface area contributed by atoms with E-state index >= 15 is 0 Å². The molecule has 0 saturated heterocycles. The summed E-state index contributed by atoms with van der Waals surface area (Å²) in [5.74, 6) is 0. The van der Waals surface area contributed by atoms with Crippen LogP contribution in [0, 0.1) is 11.8 Å². The van der Waals surface area contributed by atoms with Gasteiger partial charge in [0, 0.05) is 85.6 Å². The first kappa shape index (κ1) is 38.3. The van der Waals surface area contributed by atoms with Gasteiger partial charge >= 0.3 is 0 Å². The molecule has 10 heteroatoms. The van der Waals surface area contributed by atoms with E-state index in [-0.39, 0.29) is 40.0 Å². The zero-order valence-corrected chi connectivity index (χ0v) is 34.3. The first-order valence-electron chi connectivity index (χ1n) is 10.7. The van der Waals surface area contributed by atoms with E-state index in [2.05, 4.69) is 118 Å². The van der Waals surface area contributed by atoms with Crippen molar-refractivity contribution in [2.45, 2.75) is 118 Å². The molecular formula is C19H56NSi8Sn. The molecule has 1 nitrogen and oxygen atoms in total. The van der Waals surface area contributed by atoms with E-state index in [1.807, 2.05) is 0 Å². The molecule has 0 aliphatic carbocycles. The van der Waals surface area contributed by atoms with Gasteiger partial charge in [-0.2, -0.15) is 5.26 Å². The van der Waals surface area contributed by atoms with Crippen LogP contribution in [0.15, 0.2) is 0 Å². The van der Waals surface area contributed by atoms with Gasteiger partial charge in [-0.3, -0.25) is 0 Å². The second-order valence-corrected chi connectivity index (χ2v) is 87.8. The smallest absolute Gasteiger partial charge is 0.181 e. The predicted molar refractivity (Wildman–Crippen MR) is 164 cm³/mol. The van der Waals surface area contributed by atoms with Gasteiger partial charge in [-0.05, 0) is 0 Å². The van der Waals surface area contributed by atoms with Gasteiger partial charge in [0.2, 0.25) is 0 Å². The fourth-order valence-corrected chi connectivity index (χ4v) is 182. The third-order valence-corrected chi connectivity index (χ3v) is 122. The molecule has 0 aromatic rings. The molecule has 0 aromatic carbocycles. The molecule has 0 rings (SSSR count). The molecule has 7 radical (unpaired) electrons. The van der Waals surface area contributed by atoms with Crippen molar-refractivity contribution in [3.63, 3.8) is 0 Å². The van der Waals surface area contributed by atoms with Crippen molar-refractivity contribution in [3.8, 4) is 0 Å². The standard InChI is InChI=1S/2C9H27Si4.CN.Sn.H2/c2*1-11(2,3)10(12(4,5)6)13(7,8)9;1-2;;/h2*1-9H3;;;1H. The summed E-state index contributed by atoms with van der Waals surface area (Å²) in [6.45, 7) is 51.7. The number of nitrogens with zero attached hydrogens (tertiary/aromatic N) is 1.